The quantitative estimate of drug-likeness (QED) is 0.529. The summed E-state index contributed by atoms with van der Waals surface area (Å²) in [5, 5.41) is 20.5. The van der Waals surface area contributed by atoms with Gasteiger partial charge in [0.15, 0.2) is 6.29 Å². The van der Waals surface area contributed by atoms with Crippen LogP contribution in [0.25, 0.3) is 21.8 Å². The molecule has 138 valence electrons. The van der Waals surface area contributed by atoms with E-state index in [4.69, 9.17) is 0 Å². The van der Waals surface area contributed by atoms with Crippen molar-refractivity contribution in [3.63, 3.8) is 0 Å². The van der Waals surface area contributed by atoms with Crippen molar-refractivity contribution in [1.29, 1.82) is 0 Å². The zero-order valence-electron chi connectivity index (χ0n) is 14.0. The molecule has 0 bridgehead atoms. The van der Waals surface area contributed by atoms with Gasteiger partial charge < -0.3 is 14.8 Å². The molecule has 2 heterocycles. The SMILES string of the molecule is OC(O)c1cc(C(F)(F)F)cc2ccn(Cc3ccc4ncccc4c3)c12. The zero-order valence-corrected chi connectivity index (χ0v) is 14.0. The van der Waals surface area contributed by atoms with E-state index in [-0.39, 0.29) is 5.56 Å². The number of rotatable bonds is 3. The monoisotopic (exact) mass is 372 g/mol. The number of fused-ring (bicyclic) bond motifs is 2. The molecule has 0 aliphatic heterocycles. The molecule has 27 heavy (non-hydrogen) atoms. The first-order valence-corrected chi connectivity index (χ1v) is 8.23. The van der Waals surface area contributed by atoms with Gasteiger partial charge in [-0.3, -0.25) is 4.98 Å². The summed E-state index contributed by atoms with van der Waals surface area (Å²) in [5.41, 5.74) is 1.05. The highest BCUT2D eigenvalue weighted by atomic mass is 19.4. The van der Waals surface area contributed by atoms with Crippen LogP contribution in [0.2, 0.25) is 0 Å². The second kappa shape index (κ2) is 6.37. The maximum Gasteiger partial charge on any atom is 0.416 e. The van der Waals surface area contributed by atoms with Crippen molar-refractivity contribution >= 4 is 21.8 Å². The van der Waals surface area contributed by atoms with E-state index in [2.05, 4.69) is 4.98 Å². The Morgan fingerprint density at radius 2 is 1.81 bits per heavy atom. The predicted molar refractivity (Wildman–Crippen MR) is 95.0 cm³/mol. The molecule has 0 fully saturated rings. The molecule has 0 amide bonds. The fraction of sp³-hybridized carbons (Fsp3) is 0.150. The Bertz CT molecular complexity index is 1130. The minimum absolute atomic E-state index is 0.174. The van der Waals surface area contributed by atoms with E-state index in [1.165, 1.54) is 0 Å². The summed E-state index contributed by atoms with van der Waals surface area (Å²) in [6, 6.07) is 12.8. The molecule has 0 unspecified atom stereocenters. The van der Waals surface area contributed by atoms with Crippen LogP contribution in [-0.2, 0) is 12.7 Å². The molecule has 4 nitrogen and oxygen atoms in total. The highest BCUT2D eigenvalue weighted by Gasteiger charge is 2.32. The van der Waals surface area contributed by atoms with Crippen molar-refractivity contribution in [2.24, 2.45) is 0 Å². The van der Waals surface area contributed by atoms with Gasteiger partial charge in [0.05, 0.1) is 16.6 Å². The summed E-state index contributed by atoms with van der Waals surface area (Å²) in [7, 11) is 0. The Morgan fingerprint density at radius 1 is 1.00 bits per heavy atom. The van der Waals surface area contributed by atoms with Crippen molar-refractivity contribution in [3.8, 4) is 0 Å². The first-order chi connectivity index (χ1) is 12.8. The maximum absolute atomic E-state index is 13.1. The number of hydrogen-bond acceptors (Lipinski definition) is 3. The average molecular weight is 372 g/mol. The lowest BCUT2D eigenvalue weighted by atomic mass is 10.1. The van der Waals surface area contributed by atoms with Gasteiger partial charge in [0.2, 0.25) is 0 Å². The smallest absolute Gasteiger partial charge is 0.364 e. The van der Waals surface area contributed by atoms with Crippen LogP contribution in [0.1, 0.15) is 23.0 Å². The Labute approximate surface area is 152 Å². The van der Waals surface area contributed by atoms with Gasteiger partial charge in [-0.05, 0) is 42.0 Å². The van der Waals surface area contributed by atoms with E-state index < -0.39 is 18.0 Å². The van der Waals surface area contributed by atoms with Gasteiger partial charge in [-0.2, -0.15) is 13.2 Å². The van der Waals surface area contributed by atoms with Crippen LogP contribution in [0.15, 0.2) is 60.9 Å². The lowest BCUT2D eigenvalue weighted by molar-refractivity contribution is -0.137. The molecular formula is C20H15F3N2O2. The van der Waals surface area contributed by atoms with Crippen molar-refractivity contribution in [2.75, 3.05) is 0 Å². The van der Waals surface area contributed by atoms with E-state index in [9.17, 15) is 23.4 Å². The number of aromatic nitrogens is 2. The van der Waals surface area contributed by atoms with Crippen molar-refractivity contribution in [2.45, 2.75) is 19.0 Å². The lowest BCUT2D eigenvalue weighted by Gasteiger charge is -2.15. The third-order valence-electron chi connectivity index (χ3n) is 4.52. The van der Waals surface area contributed by atoms with Crippen molar-refractivity contribution < 1.29 is 23.4 Å². The van der Waals surface area contributed by atoms with E-state index in [1.54, 1.807) is 23.0 Å². The molecule has 0 aliphatic rings. The van der Waals surface area contributed by atoms with Crippen molar-refractivity contribution in [1.82, 2.24) is 9.55 Å². The standard InChI is InChI=1S/C20H15F3N2O2/c21-20(22,23)15-9-14-5-7-25(18(14)16(10-15)19(26)27)11-12-3-4-17-13(8-12)2-1-6-24-17/h1-10,19,26-27H,11H2. The minimum atomic E-state index is -4.56. The van der Waals surface area contributed by atoms with Crippen LogP contribution in [0.5, 0.6) is 0 Å². The first kappa shape index (κ1) is 17.5. The number of nitrogens with zero attached hydrogens (tertiary/aromatic N) is 2. The second-order valence-electron chi connectivity index (χ2n) is 6.35. The normalized spacial score (nSPS) is 12.4. The average Bonchev–Trinajstić information content (AvgIpc) is 3.03. The van der Waals surface area contributed by atoms with E-state index in [0.29, 0.717) is 17.4 Å². The summed E-state index contributed by atoms with van der Waals surface area (Å²) < 4.78 is 41.0. The molecule has 0 atom stereocenters. The van der Waals surface area contributed by atoms with Crippen LogP contribution in [0, 0.1) is 0 Å². The third-order valence-corrected chi connectivity index (χ3v) is 4.52. The zero-order chi connectivity index (χ0) is 19.2. The number of hydrogen-bond donors (Lipinski definition) is 2. The Balaban J connectivity index is 1.81. The molecule has 0 saturated heterocycles. The molecule has 4 rings (SSSR count). The van der Waals surface area contributed by atoms with Gasteiger partial charge in [0, 0.05) is 35.3 Å². The molecule has 0 aliphatic carbocycles. The van der Waals surface area contributed by atoms with Crippen molar-refractivity contribution in [3.05, 3.63) is 77.6 Å². The number of alkyl halides is 3. The summed E-state index contributed by atoms with van der Waals surface area (Å²) in [6.07, 6.45) is -3.23. The first-order valence-electron chi connectivity index (χ1n) is 8.23. The van der Waals surface area contributed by atoms with Gasteiger partial charge in [-0.25, -0.2) is 0 Å². The predicted octanol–water partition coefficient (Wildman–Crippen LogP) is 4.24. The van der Waals surface area contributed by atoms with Crippen LogP contribution in [-0.4, -0.2) is 19.8 Å². The number of pyridine rings is 1. The molecule has 2 N–H and O–H groups in total. The summed E-state index contributed by atoms with van der Waals surface area (Å²) in [4.78, 5) is 4.26. The third kappa shape index (κ3) is 3.27. The van der Waals surface area contributed by atoms with Gasteiger partial charge in [0.1, 0.15) is 0 Å². The molecule has 7 heteroatoms. The second-order valence-corrected chi connectivity index (χ2v) is 6.35. The fourth-order valence-corrected chi connectivity index (χ4v) is 3.30. The summed E-state index contributed by atoms with van der Waals surface area (Å²) in [6.45, 7) is 0.374. The van der Waals surface area contributed by atoms with Crippen LogP contribution in [0.4, 0.5) is 13.2 Å². The van der Waals surface area contributed by atoms with Crippen LogP contribution >= 0.6 is 0 Å². The highest BCUT2D eigenvalue weighted by molar-refractivity contribution is 5.85. The van der Waals surface area contributed by atoms with Gasteiger partial charge >= 0.3 is 6.18 Å². The van der Waals surface area contributed by atoms with Gasteiger partial charge in [0.25, 0.3) is 0 Å². The molecule has 2 aromatic carbocycles. The summed E-state index contributed by atoms with van der Waals surface area (Å²) >= 11 is 0. The fourth-order valence-electron chi connectivity index (χ4n) is 3.30. The highest BCUT2D eigenvalue weighted by Crippen LogP contribution is 2.35. The number of aliphatic hydroxyl groups is 2. The van der Waals surface area contributed by atoms with E-state index in [1.807, 2.05) is 30.3 Å². The molecule has 4 aromatic rings. The van der Waals surface area contributed by atoms with Gasteiger partial charge in [-0.15, -0.1) is 0 Å². The molecular weight excluding hydrogens is 357 g/mol. The largest absolute Gasteiger partial charge is 0.416 e. The van der Waals surface area contributed by atoms with E-state index >= 15 is 0 Å². The maximum atomic E-state index is 13.1. The van der Waals surface area contributed by atoms with Gasteiger partial charge in [-0.1, -0.05) is 12.1 Å². The number of aliphatic hydroxyl groups excluding tert-OH is 1. The van der Waals surface area contributed by atoms with E-state index in [0.717, 1.165) is 28.6 Å². The van der Waals surface area contributed by atoms with Crippen LogP contribution < -0.4 is 0 Å². The Kier molecular flexibility index (Phi) is 4.13. The minimum Gasteiger partial charge on any atom is -0.364 e. The molecule has 0 spiro atoms. The molecule has 0 radical (unpaired) electrons. The lowest BCUT2D eigenvalue weighted by Crippen LogP contribution is -2.09. The number of benzene rings is 2. The van der Waals surface area contributed by atoms with Crippen LogP contribution in [0.3, 0.4) is 0 Å². The number of halogens is 3. The molecule has 2 aromatic heterocycles. The topological polar surface area (TPSA) is 58.3 Å². The molecule has 0 saturated carbocycles. The Morgan fingerprint density at radius 3 is 2.56 bits per heavy atom. The summed E-state index contributed by atoms with van der Waals surface area (Å²) in [5.74, 6) is 0. The Hall–Kier alpha value is -2.90.